The summed E-state index contributed by atoms with van der Waals surface area (Å²) < 4.78 is 0. The van der Waals surface area contributed by atoms with E-state index in [2.05, 4.69) is 11.9 Å². The lowest BCUT2D eigenvalue weighted by Crippen LogP contribution is -2.44. The Bertz CT molecular complexity index is 251. The summed E-state index contributed by atoms with van der Waals surface area (Å²) in [7, 11) is 1.62. The average molecular weight is 196 g/mol. The van der Waals surface area contributed by atoms with Crippen molar-refractivity contribution < 1.29 is 9.59 Å². The molecule has 1 heterocycles. The number of nitrogens with one attached hydrogen (secondary N) is 1. The molecule has 1 aliphatic rings. The van der Waals surface area contributed by atoms with Crippen LogP contribution in [0.25, 0.3) is 0 Å². The lowest BCUT2D eigenvalue weighted by atomic mass is 9.97. The molecule has 1 saturated heterocycles. The van der Waals surface area contributed by atoms with Crippen LogP contribution in [-0.4, -0.2) is 36.9 Å². The highest BCUT2D eigenvalue weighted by molar-refractivity contribution is 5.88. The van der Waals surface area contributed by atoms with Crippen molar-refractivity contribution in [3.63, 3.8) is 0 Å². The first-order valence-electron chi connectivity index (χ1n) is 4.82. The van der Waals surface area contributed by atoms with Crippen molar-refractivity contribution >= 4 is 11.8 Å². The predicted octanol–water partition coefficient (Wildman–Crippen LogP) is 0.157. The van der Waals surface area contributed by atoms with E-state index in [1.807, 2.05) is 0 Å². The van der Waals surface area contributed by atoms with E-state index in [1.165, 1.54) is 6.08 Å². The normalized spacial score (nSPS) is 21.5. The number of piperidine rings is 1. The van der Waals surface area contributed by atoms with Crippen molar-refractivity contribution in [2.75, 3.05) is 20.1 Å². The average Bonchev–Trinajstić information content (AvgIpc) is 2.27. The number of carbonyl (C=O) groups excluding carboxylic acids is 2. The molecule has 1 aliphatic heterocycles. The Kier molecular flexibility index (Phi) is 3.68. The molecule has 0 bridgehead atoms. The Hall–Kier alpha value is -1.32. The lowest BCUT2D eigenvalue weighted by molar-refractivity contribution is -0.131. The Morgan fingerprint density at radius 1 is 1.57 bits per heavy atom. The van der Waals surface area contributed by atoms with Gasteiger partial charge in [0.1, 0.15) is 0 Å². The lowest BCUT2D eigenvalue weighted by Gasteiger charge is -2.30. The second-order valence-electron chi connectivity index (χ2n) is 3.44. The molecule has 78 valence electrons. The maximum absolute atomic E-state index is 11.3. The van der Waals surface area contributed by atoms with E-state index < -0.39 is 0 Å². The van der Waals surface area contributed by atoms with Gasteiger partial charge in [-0.3, -0.25) is 9.59 Å². The number of likely N-dealkylation sites (tertiary alicyclic amines) is 1. The van der Waals surface area contributed by atoms with Gasteiger partial charge in [0.15, 0.2) is 0 Å². The van der Waals surface area contributed by atoms with Gasteiger partial charge in [0, 0.05) is 20.1 Å². The van der Waals surface area contributed by atoms with Gasteiger partial charge in [-0.2, -0.15) is 0 Å². The van der Waals surface area contributed by atoms with Gasteiger partial charge in [-0.05, 0) is 18.9 Å². The summed E-state index contributed by atoms with van der Waals surface area (Å²) in [6.45, 7) is 4.69. The molecule has 14 heavy (non-hydrogen) atoms. The van der Waals surface area contributed by atoms with Crippen LogP contribution in [0.5, 0.6) is 0 Å². The molecule has 2 amide bonds. The minimum atomic E-state index is -0.0846. The van der Waals surface area contributed by atoms with Crippen molar-refractivity contribution in [3.05, 3.63) is 12.7 Å². The molecule has 0 aromatic heterocycles. The van der Waals surface area contributed by atoms with Crippen LogP contribution >= 0.6 is 0 Å². The molecule has 0 aromatic rings. The Morgan fingerprint density at radius 2 is 2.29 bits per heavy atom. The highest BCUT2D eigenvalue weighted by atomic mass is 16.2. The van der Waals surface area contributed by atoms with Crippen LogP contribution in [0.2, 0.25) is 0 Å². The van der Waals surface area contributed by atoms with Gasteiger partial charge >= 0.3 is 0 Å². The molecule has 0 radical (unpaired) electrons. The van der Waals surface area contributed by atoms with E-state index >= 15 is 0 Å². The summed E-state index contributed by atoms with van der Waals surface area (Å²) >= 11 is 0. The maximum atomic E-state index is 11.3. The van der Waals surface area contributed by atoms with Gasteiger partial charge in [0.25, 0.3) is 0 Å². The predicted molar refractivity (Wildman–Crippen MR) is 53.6 cm³/mol. The van der Waals surface area contributed by atoms with Crippen LogP contribution in [0.15, 0.2) is 12.7 Å². The van der Waals surface area contributed by atoms with E-state index in [-0.39, 0.29) is 17.7 Å². The summed E-state index contributed by atoms with van der Waals surface area (Å²) in [4.78, 5) is 24.3. The van der Waals surface area contributed by atoms with Gasteiger partial charge in [0.2, 0.25) is 11.8 Å². The van der Waals surface area contributed by atoms with Crippen molar-refractivity contribution in [1.29, 1.82) is 0 Å². The smallest absolute Gasteiger partial charge is 0.245 e. The van der Waals surface area contributed by atoms with E-state index in [0.717, 1.165) is 19.4 Å². The van der Waals surface area contributed by atoms with Crippen LogP contribution < -0.4 is 5.32 Å². The van der Waals surface area contributed by atoms with Crippen molar-refractivity contribution in [2.24, 2.45) is 5.92 Å². The second kappa shape index (κ2) is 4.79. The highest BCUT2D eigenvalue weighted by Gasteiger charge is 2.26. The number of hydrogen-bond acceptors (Lipinski definition) is 2. The monoisotopic (exact) mass is 196 g/mol. The first-order valence-corrected chi connectivity index (χ1v) is 4.82. The number of nitrogens with zero attached hydrogens (tertiary/aromatic N) is 1. The van der Waals surface area contributed by atoms with Crippen LogP contribution in [0.4, 0.5) is 0 Å². The third-order valence-corrected chi connectivity index (χ3v) is 2.52. The number of amides is 2. The first-order chi connectivity index (χ1) is 6.69. The SMILES string of the molecule is C=CC(=O)N1CCC[C@H](C(=O)NC)C1. The quantitative estimate of drug-likeness (QED) is 0.639. The van der Waals surface area contributed by atoms with Gasteiger partial charge in [-0.25, -0.2) is 0 Å². The van der Waals surface area contributed by atoms with E-state index in [9.17, 15) is 9.59 Å². The maximum Gasteiger partial charge on any atom is 0.245 e. The first kappa shape index (κ1) is 10.8. The number of carbonyl (C=O) groups is 2. The number of hydrogen-bond donors (Lipinski definition) is 1. The third kappa shape index (κ3) is 2.34. The second-order valence-corrected chi connectivity index (χ2v) is 3.44. The Morgan fingerprint density at radius 3 is 2.86 bits per heavy atom. The molecule has 0 unspecified atom stereocenters. The van der Waals surface area contributed by atoms with Gasteiger partial charge in [-0.1, -0.05) is 6.58 Å². The molecule has 4 heteroatoms. The van der Waals surface area contributed by atoms with E-state index in [1.54, 1.807) is 11.9 Å². The van der Waals surface area contributed by atoms with Gasteiger partial charge in [-0.15, -0.1) is 0 Å². The van der Waals surface area contributed by atoms with Crippen LogP contribution in [0, 0.1) is 5.92 Å². The summed E-state index contributed by atoms with van der Waals surface area (Å²) in [6, 6.07) is 0. The summed E-state index contributed by atoms with van der Waals surface area (Å²) in [6.07, 6.45) is 3.05. The molecule has 4 nitrogen and oxygen atoms in total. The zero-order chi connectivity index (χ0) is 10.6. The molecule has 0 spiro atoms. The third-order valence-electron chi connectivity index (χ3n) is 2.52. The summed E-state index contributed by atoms with van der Waals surface area (Å²) in [5, 5.41) is 2.61. The fraction of sp³-hybridized carbons (Fsp3) is 0.600. The van der Waals surface area contributed by atoms with Crippen molar-refractivity contribution in [3.8, 4) is 0 Å². The summed E-state index contributed by atoms with van der Waals surface area (Å²) in [5.74, 6) is -0.122. The molecule has 0 saturated carbocycles. The molecule has 0 aromatic carbocycles. The van der Waals surface area contributed by atoms with Crippen molar-refractivity contribution in [1.82, 2.24) is 10.2 Å². The van der Waals surface area contributed by atoms with E-state index in [0.29, 0.717) is 6.54 Å². The van der Waals surface area contributed by atoms with Gasteiger partial charge < -0.3 is 10.2 Å². The van der Waals surface area contributed by atoms with E-state index in [4.69, 9.17) is 0 Å². The largest absolute Gasteiger partial charge is 0.359 e. The topological polar surface area (TPSA) is 49.4 Å². The molecular weight excluding hydrogens is 180 g/mol. The van der Waals surface area contributed by atoms with Crippen LogP contribution in [0.3, 0.4) is 0 Å². The molecule has 1 atom stereocenters. The molecule has 1 rings (SSSR count). The molecular formula is C10H16N2O2. The van der Waals surface area contributed by atoms with Crippen LogP contribution in [0.1, 0.15) is 12.8 Å². The van der Waals surface area contributed by atoms with Crippen molar-refractivity contribution in [2.45, 2.75) is 12.8 Å². The minimum absolute atomic E-state index is 0.0200. The van der Waals surface area contributed by atoms with Crippen LogP contribution in [-0.2, 0) is 9.59 Å². The number of rotatable bonds is 2. The van der Waals surface area contributed by atoms with Gasteiger partial charge in [0.05, 0.1) is 5.92 Å². The fourth-order valence-electron chi connectivity index (χ4n) is 1.72. The fourth-order valence-corrected chi connectivity index (χ4v) is 1.72. The minimum Gasteiger partial charge on any atom is -0.359 e. The Labute approximate surface area is 84.0 Å². The molecule has 0 aliphatic carbocycles. The zero-order valence-corrected chi connectivity index (χ0v) is 8.45. The summed E-state index contributed by atoms with van der Waals surface area (Å²) in [5.41, 5.74) is 0. The Balaban J connectivity index is 2.55. The highest BCUT2D eigenvalue weighted by Crippen LogP contribution is 2.16. The zero-order valence-electron chi connectivity index (χ0n) is 8.45. The molecule has 1 fully saturated rings. The standard InChI is InChI=1S/C10H16N2O2/c1-3-9(13)12-6-4-5-8(7-12)10(14)11-2/h3,8H,1,4-7H2,2H3,(H,11,14)/t8-/m0/s1. The molecule has 1 N–H and O–H groups in total.